The molecule has 0 radical (unpaired) electrons. The van der Waals surface area contributed by atoms with Crippen LogP contribution >= 0.6 is 0 Å². The van der Waals surface area contributed by atoms with E-state index in [1.54, 1.807) is 19.1 Å². The molecular weight excluding hydrogens is 184 g/mol. The average Bonchev–Trinajstić information content (AvgIpc) is 2.68. The van der Waals surface area contributed by atoms with Crippen LogP contribution in [0.2, 0.25) is 0 Å². The molecular formula is C9H18N2O3. The van der Waals surface area contributed by atoms with E-state index < -0.39 is 0 Å². The molecule has 0 atom stereocenters. The first-order valence-corrected chi connectivity index (χ1v) is 4.61. The number of nitrogens with one attached hydrogen (secondary N) is 1. The first kappa shape index (κ1) is 12.9. The molecule has 0 unspecified atom stereocenters. The number of methoxy groups -OCH3 is 1. The van der Waals surface area contributed by atoms with Gasteiger partial charge in [-0.2, -0.15) is 0 Å². The molecule has 1 aliphatic rings. The predicted octanol–water partition coefficient (Wildman–Crippen LogP) is -0.383. The number of rotatable bonds is 3. The molecule has 1 aliphatic heterocycles. The topological polar surface area (TPSA) is 58.6 Å². The van der Waals surface area contributed by atoms with Crippen molar-refractivity contribution < 1.29 is 14.3 Å². The highest BCUT2D eigenvalue weighted by Gasteiger charge is 2.16. The predicted molar refractivity (Wildman–Crippen MR) is 52.8 cm³/mol. The summed E-state index contributed by atoms with van der Waals surface area (Å²) in [5, 5.41) is 2.35. The Morgan fingerprint density at radius 3 is 2.36 bits per heavy atom. The molecule has 5 heteroatoms. The average molecular weight is 202 g/mol. The van der Waals surface area contributed by atoms with Gasteiger partial charge in [-0.3, -0.25) is 9.59 Å². The Bertz CT molecular complexity index is 167. The molecule has 2 amide bonds. The Morgan fingerprint density at radius 2 is 1.93 bits per heavy atom. The third-order valence-electron chi connectivity index (χ3n) is 1.80. The monoisotopic (exact) mass is 202 g/mol. The molecule has 1 heterocycles. The third-order valence-corrected chi connectivity index (χ3v) is 1.80. The van der Waals surface area contributed by atoms with Crippen molar-refractivity contribution in [3.8, 4) is 0 Å². The molecule has 1 fully saturated rings. The number of ether oxygens (including phenoxy) is 1. The standard InChI is InChI=1S/C7H12N2O2.C2H6O/c10-6-8-5-7(11)9-3-1-2-4-9;1-3-2/h6H,1-5H2,(H,8,10);1-2H3. The Kier molecular flexibility index (Phi) is 7.83. The third kappa shape index (κ3) is 5.53. The van der Waals surface area contributed by atoms with Crippen LogP contribution in [0.4, 0.5) is 0 Å². The number of carbonyl (C=O) groups is 2. The van der Waals surface area contributed by atoms with Crippen molar-refractivity contribution in [2.45, 2.75) is 12.8 Å². The molecule has 1 rings (SSSR count). The zero-order chi connectivity index (χ0) is 10.8. The number of carbonyl (C=O) groups excluding carboxylic acids is 2. The van der Waals surface area contributed by atoms with Crippen LogP contribution in [0.3, 0.4) is 0 Å². The molecule has 82 valence electrons. The number of hydrogen-bond donors (Lipinski definition) is 1. The number of likely N-dealkylation sites (tertiary alicyclic amines) is 1. The number of amides is 2. The minimum Gasteiger partial charge on any atom is -0.388 e. The van der Waals surface area contributed by atoms with Crippen molar-refractivity contribution in [2.24, 2.45) is 0 Å². The maximum absolute atomic E-state index is 11.1. The lowest BCUT2D eigenvalue weighted by atomic mass is 10.4. The van der Waals surface area contributed by atoms with Crippen LogP contribution in [0, 0.1) is 0 Å². The van der Waals surface area contributed by atoms with Gasteiger partial charge in [-0.15, -0.1) is 0 Å². The fourth-order valence-electron chi connectivity index (χ4n) is 1.21. The van der Waals surface area contributed by atoms with Crippen LogP contribution < -0.4 is 5.32 Å². The van der Waals surface area contributed by atoms with Gasteiger partial charge in [-0.25, -0.2) is 0 Å². The quantitative estimate of drug-likeness (QED) is 0.634. The SMILES string of the molecule is COC.O=CNCC(=O)N1CCCC1. The summed E-state index contributed by atoms with van der Waals surface area (Å²) < 4.78 is 4.25. The first-order chi connectivity index (χ1) is 6.76. The number of hydrogen-bond acceptors (Lipinski definition) is 3. The summed E-state index contributed by atoms with van der Waals surface area (Å²) in [6.45, 7) is 1.84. The van der Waals surface area contributed by atoms with Gasteiger partial charge in [0.1, 0.15) is 0 Å². The fourth-order valence-corrected chi connectivity index (χ4v) is 1.21. The Morgan fingerprint density at radius 1 is 1.43 bits per heavy atom. The lowest BCUT2D eigenvalue weighted by molar-refractivity contribution is -0.130. The first-order valence-electron chi connectivity index (χ1n) is 4.61. The molecule has 0 aromatic rings. The normalized spacial score (nSPS) is 14.3. The highest BCUT2D eigenvalue weighted by Crippen LogP contribution is 2.06. The molecule has 14 heavy (non-hydrogen) atoms. The summed E-state index contributed by atoms with van der Waals surface area (Å²) in [7, 11) is 3.25. The van der Waals surface area contributed by atoms with E-state index in [0.717, 1.165) is 25.9 Å². The van der Waals surface area contributed by atoms with Gasteiger partial charge in [0, 0.05) is 27.3 Å². The molecule has 0 saturated carbocycles. The zero-order valence-corrected chi connectivity index (χ0v) is 8.78. The summed E-state index contributed by atoms with van der Waals surface area (Å²) >= 11 is 0. The van der Waals surface area contributed by atoms with Crippen molar-refractivity contribution >= 4 is 12.3 Å². The minimum absolute atomic E-state index is 0.0228. The van der Waals surface area contributed by atoms with Gasteiger partial charge in [-0.1, -0.05) is 0 Å². The second kappa shape index (κ2) is 8.50. The second-order valence-electron chi connectivity index (χ2n) is 2.99. The van der Waals surface area contributed by atoms with E-state index in [4.69, 9.17) is 0 Å². The molecule has 1 saturated heterocycles. The summed E-state index contributed by atoms with van der Waals surface area (Å²) in [5.41, 5.74) is 0. The van der Waals surface area contributed by atoms with Gasteiger partial charge >= 0.3 is 0 Å². The molecule has 0 spiro atoms. The molecule has 0 aromatic heterocycles. The van der Waals surface area contributed by atoms with Crippen molar-refractivity contribution in [2.75, 3.05) is 33.9 Å². The maximum Gasteiger partial charge on any atom is 0.241 e. The van der Waals surface area contributed by atoms with Gasteiger partial charge in [0.15, 0.2) is 0 Å². The van der Waals surface area contributed by atoms with E-state index in [0.29, 0.717) is 6.41 Å². The molecule has 5 nitrogen and oxygen atoms in total. The van der Waals surface area contributed by atoms with Crippen molar-refractivity contribution in [1.29, 1.82) is 0 Å². The van der Waals surface area contributed by atoms with Gasteiger partial charge in [0.25, 0.3) is 0 Å². The van der Waals surface area contributed by atoms with E-state index in [1.165, 1.54) is 0 Å². The lowest BCUT2D eigenvalue weighted by Gasteiger charge is -2.13. The van der Waals surface area contributed by atoms with E-state index in [9.17, 15) is 9.59 Å². The lowest BCUT2D eigenvalue weighted by Crippen LogP contribution is -2.35. The van der Waals surface area contributed by atoms with Crippen molar-refractivity contribution in [1.82, 2.24) is 10.2 Å². The van der Waals surface area contributed by atoms with Crippen LogP contribution in [-0.2, 0) is 14.3 Å². The summed E-state index contributed by atoms with van der Waals surface area (Å²) in [6, 6.07) is 0. The highest BCUT2D eigenvalue weighted by atomic mass is 16.4. The number of nitrogens with zero attached hydrogens (tertiary/aromatic N) is 1. The van der Waals surface area contributed by atoms with Crippen LogP contribution in [0.1, 0.15) is 12.8 Å². The Hall–Kier alpha value is -1.10. The van der Waals surface area contributed by atoms with Crippen molar-refractivity contribution in [3.63, 3.8) is 0 Å². The van der Waals surface area contributed by atoms with Gasteiger partial charge < -0.3 is 15.0 Å². The summed E-state index contributed by atoms with van der Waals surface area (Å²) in [4.78, 5) is 22.7. The summed E-state index contributed by atoms with van der Waals surface area (Å²) in [5.74, 6) is 0.0228. The van der Waals surface area contributed by atoms with Gasteiger partial charge in [0.05, 0.1) is 6.54 Å². The van der Waals surface area contributed by atoms with Crippen LogP contribution in [0.25, 0.3) is 0 Å². The molecule has 1 N–H and O–H groups in total. The second-order valence-corrected chi connectivity index (χ2v) is 2.99. The summed E-state index contributed by atoms with van der Waals surface area (Å²) in [6.07, 6.45) is 2.73. The van der Waals surface area contributed by atoms with Crippen LogP contribution in [0.5, 0.6) is 0 Å². The molecule has 0 aromatic carbocycles. The van der Waals surface area contributed by atoms with Gasteiger partial charge in [-0.05, 0) is 12.8 Å². The zero-order valence-electron chi connectivity index (χ0n) is 8.78. The van der Waals surface area contributed by atoms with E-state index in [-0.39, 0.29) is 12.5 Å². The van der Waals surface area contributed by atoms with Crippen molar-refractivity contribution in [3.05, 3.63) is 0 Å². The Balaban J connectivity index is 0.000000500. The maximum atomic E-state index is 11.1. The van der Waals surface area contributed by atoms with Crippen LogP contribution in [-0.4, -0.2) is 51.1 Å². The van der Waals surface area contributed by atoms with E-state index >= 15 is 0 Å². The molecule has 0 bridgehead atoms. The minimum atomic E-state index is 0.0228. The van der Waals surface area contributed by atoms with Crippen LogP contribution in [0.15, 0.2) is 0 Å². The van der Waals surface area contributed by atoms with E-state index in [2.05, 4.69) is 10.1 Å². The fraction of sp³-hybridized carbons (Fsp3) is 0.778. The highest BCUT2D eigenvalue weighted by molar-refractivity contribution is 5.80. The Labute approximate surface area is 84.4 Å². The van der Waals surface area contributed by atoms with E-state index in [1.807, 2.05) is 0 Å². The van der Waals surface area contributed by atoms with Gasteiger partial charge in [0.2, 0.25) is 12.3 Å². The molecule has 0 aliphatic carbocycles. The smallest absolute Gasteiger partial charge is 0.241 e. The largest absolute Gasteiger partial charge is 0.388 e.